The average Bonchev–Trinajstić information content (AvgIpc) is 3.00. The molecule has 4 rings (SSSR count). The van der Waals surface area contributed by atoms with Crippen molar-refractivity contribution in [3.8, 4) is 0 Å². The third-order valence-corrected chi connectivity index (χ3v) is 5.19. The lowest BCUT2D eigenvalue weighted by molar-refractivity contribution is -0.137. The lowest BCUT2D eigenvalue weighted by atomic mass is 10.0. The maximum Gasteiger partial charge on any atom is 0.416 e. The molecule has 0 saturated heterocycles. The zero-order valence-electron chi connectivity index (χ0n) is 16.7. The monoisotopic (exact) mass is 420 g/mol. The first kappa shape index (κ1) is 23.7. The van der Waals surface area contributed by atoms with Crippen molar-refractivity contribution in [1.82, 2.24) is 9.47 Å². The van der Waals surface area contributed by atoms with Crippen LogP contribution in [0.5, 0.6) is 0 Å². The van der Waals surface area contributed by atoms with Gasteiger partial charge in [0.1, 0.15) is 0 Å². The highest BCUT2D eigenvalue weighted by atomic mass is 19.4. The van der Waals surface area contributed by atoms with Crippen LogP contribution in [0.15, 0.2) is 42.5 Å². The first-order valence-corrected chi connectivity index (χ1v) is 9.37. The number of rotatable bonds is 2. The minimum absolute atomic E-state index is 0. The summed E-state index contributed by atoms with van der Waals surface area (Å²) in [7, 11) is 2.62. The fourth-order valence-electron chi connectivity index (χ4n) is 3.76. The zero-order chi connectivity index (χ0) is 21.2. The fraction of sp³-hybridized carbons (Fsp3) is 0.333. The summed E-state index contributed by atoms with van der Waals surface area (Å²) in [6.07, 6.45) is 0.501. The number of likely N-dealkylation sites (N-methyl/N-ethyl adjacent to an activating group) is 1. The van der Waals surface area contributed by atoms with Crippen molar-refractivity contribution in [1.29, 1.82) is 0 Å². The van der Waals surface area contributed by atoms with Crippen LogP contribution in [0, 0.1) is 6.92 Å². The molecule has 3 aromatic rings. The summed E-state index contributed by atoms with van der Waals surface area (Å²) >= 11 is 0. The van der Waals surface area contributed by atoms with Crippen molar-refractivity contribution >= 4 is 23.2 Å². The number of nitrogens with zero attached hydrogens (tertiary/aromatic N) is 2. The zero-order valence-corrected chi connectivity index (χ0v) is 16.7. The Morgan fingerprint density at radius 2 is 1.67 bits per heavy atom. The maximum atomic E-state index is 12.7. The smallest absolute Gasteiger partial charge is 0.320 e. The van der Waals surface area contributed by atoms with E-state index in [9.17, 15) is 17.6 Å². The van der Waals surface area contributed by atoms with E-state index in [1.165, 1.54) is 34.3 Å². The van der Waals surface area contributed by atoms with Gasteiger partial charge in [-0.1, -0.05) is 31.2 Å². The van der Waals surface area contributed by atoms with Gasteiger partial charge in [0.05, 0.1) is 18.3 Å². The fourth-order valence-corrected chi connectivity index (χ4v) is 3.76. The van der Waals surface area contributed by atoms with E-state index in [-0.39, 0.29) is 7.43 Å². The predicted octanol–water partition coefficient (Wildman–Crippen LogP) is 6.81. The maximum absolute atomic E-state index is 12.7. The Hall–Kier alpha value is -2.60. The van der Waals surface area contributed by atoms with Crippen molar-refractivity contribution in [2.24, 2.45) is 0 Å². The molecule has 2 aromatic carbocycles. The molecule has 1 aliphatic heterocycles. The van der Waals surface area contributed by atoms with E-state index in [0.29, 0.717) is 7.18 Å². The number of aryl methyl sites for hydroxylation is 1. The Bertz CT molecular complexity index is 1010. The molecule has 2 heterocycles. The molecule has 0 aliphatic carbocycles. The van der Waals surface area contributed by atoms with Crippen LogP contribution in [0.2, 0.25) is 0 Å². The largest absolute Gasteiger partial charge is 0.416 e. The van der Waals surface area contributed by atoms with Gasteiger partial charge in [-0.25, -0.2) is 0 Å². The first-order chi connectivity index (χ1) is 13.8. The average molecular weight is 420 g/mol. The third-order valence-electron chi connectivity index (χ3n) is 5.19. The molecule has 0 unspecified atom stereocenters. The van der Waals surface area contributed by atoms with Gasteiger partial charge in [0, 0.05) is 36.8 Å². The Balaban J connectivity index is 0.00000104. The summed E-state index contributed by atoms with van der Waals surface area (Å²) in [4.78, 5) is 2.31. The van der Waals surface area contributed by atoms with Crippen molar-refractivity contribution in [3.63, 3.8) is 0 Å². The van der Waals surface area contributed by atoms with Crippen LogP contribution >= 0.6 is 0 Å². The van der Waals surface area contributed by atoms with Crippen LogP contribution in [0.25, 0.3) is 23.2 Å². The minimum atomic E-state index is -4.30. The molecule has 1 aliphatic rings. The quantitative estimate of drug-likeness (QED) is 0.414. The third kappa shape index (κ3) is 4.75. The lowest BCUT2D eigenvalue weighted by Gasteiger charge is -2.23. The van der Waals surface area contributed by atoms with Gasteiger partial charge in [0.2, 0.25) is 0 Å². The first-order valence-electron chi connectivity index (χ1n) is 9.37. The van der Waals surface area contributed by atoms with E-state index in [2.05, 4.69) is 41.6 Å². The van der Waals surface area contributed by atoms with Crippen molar-refractivity contribution in [2.45, 2.75) is 33.5 Å². The summed E-state index contributed by atoms with van der Waals surface area (Å²) in [5, 5.41) is 1.26. The van der Waals surface area contributed by atoms with Gasteiger partial charge in [-0.2, -0.15) is 13.2 Å². The van der Waals surface area contributed by atoms with Gasteiger partial charge in [-0.05, 0) is 55.4 Å². The molecule has 30 heavy (non-hydrogen) atoms. The molecule has 6 heteroatoms. The van der Waals surface area contributed by atoms with Crippen molar-refractivity contribution < 1.29 is 17.6 Å². The molecule has 0 saturated carbocycles. The molecule has 2 nitrogen and oxygen atoms in total. The van der Waals surface area contributed by atoms with Crippen LogP contribution in [-0.2, 0) is 19.1 Å². The highest BCUT2D eigenvalue weighted by Crippen LogP contribution is 2.32. The van der Waals surface area contributed by atoms with Gasteiger partial charge < -0.3 is 9.47 Å². The normalized spacial score (nSPS) is 14.2. The number of alkyl halides is 4. The molecule has 0 N–H and O–H groups in total. The highest BCUT2D eigenvalue weighted by Gasteiger charge is 2.29. The number of hydrogen-bond acceptors (Lipinski definition) is 1. The van der Waals surface area contributed by atoms with Crippen LogP contribution in [0.1, 0.15) is 35.4 Å². The number of halogens is 4. The van der Waals surface area contributed by atoms with Crippen LogP contribution in [-0.4, -0.2) is 30.2 Å². The molecule has 0 radical (unpaired) electrons. The Kier molecular flexibility index (Phi) is 7.48. The Labute approximate surface area is 175 Å². The molecular formula is C24H28F4N2. The topological polar surface area (TPSA) is 8.17 Å². The SMILES string of the molecule is C.CF.Cc1ccc2c(c1)c1c(n2/C=C/c2ccc(C(F)(F)F)cc2)CCN(C)C1. The van der Waals surface area contributed by atoms with E-state index in [1.807, 2.05) is 12.3 Å². The van der Waals surface area contributed by atoms with Crippen LogP contribution in [0.4, 0.5) is 17.6 Å². The molecule has 0 amide bonds. The lowest BCUT2D eigenvalue weighted by Crippen LogP contribution is -2.26. The Morgan fingerprint density at radius 1 is 1.00 bits per heavy atom. The second kappa shape index (κ2) is 9.47. The predicted molar refractivity (Wildman–Crippen MR) is 117 cm³/mol. The van der Waals surface area contributed by atoms with E-state index < -0.39 is 11.7 Å². The summed E-state index contributed by atoms with van der Waals surface area (Å²) in [5.41, 5.74) is 5.13. The molecular weight excluding hydrogens is 392 g/mol. The van der Waals surface area contributed by atoms with Crippen molar-refractivity contribution in [3.05, 3.63) is 70.4 Å². The number of aromatic nitrogens is 1. The van der Waals surface area contributed by atoms with Gasteiger partial charge in [0.15, 0.2) is 0 Å². The minimum Gasteiger partial charge on any atom is -0.320 e. The molecule has 1 aromatic heterocycles. The van der Waals surface area contributed by atoms with E-state index >= 15 is 0 Å². The van der Waals surface area contributed by atoms with Crippen LogP contribution < -0.4 is 0 Å². The van der Waals surface area contributed by atoms with Gasteiger partial charge >= 0.3 is 6.18 Å². The number of benzene rings is 2. The van der Waals surface area contributed by atoms with Gasteiger partial charge in [0.25, 0.3) is 0 Å². The molecule has 0 atom stereocenters. The van der Waals surface area contributed by atoms with Gasteiger partial charge in [-0.3, -0.25) is 4.39 Å². The molecule has 0 bridgehead atoms. The van der Waals surface area contributed by atoms with E-state index in [0.717, 1.165) is 42.7 Å². The summed E-state index contributed by atoms with van der Waals surface area (Å²) in [6.45, 7) is 4.00. The standard InChI is InChI=1S/C22H21F3N2.CH3F.CH4/c1-15-3-8-20-18(13-15)19-14-26(2)11-10-21(19)27(20)12-9-16-4-6-17(7-5-16)22(23,24)25;1-2;/h3-9,12-13H,10-11,14H2,1-2H3;1H3;1H4/b12-9+;;. The summed E-state index contributed by atoms with van der Waals surface area (Å²) < 4.78 is 49.9. The molecule has 0 spiro atoms. The van der Waals surface area contributed by atoms with E-state index in [4.69, 9.17) is 0 Å². The number of fused-ring (bicyclic) bond motifs is 3. The van der Waals surface area contributed by atoms with Crippen molar-refractivity contribution in [2.75, 3.05) is 20.8 Å². The highest BCUT2D eigenvalue weighted by molar-refractivity contribution is 5.89. The molecule has 162 valence electrons. The number of hydrogen-bond donors (Lipinski definition) is 0. The van der Waals surface area contributed by atoms with E-state index in [1.54, 1.807) is 0 Å². The second-order valence-electron chi connectivity index (χ2n) is 7.24. The van der Waals surface area contributed by atoms with Crippen LogP contribution in [0.3, 0.4) is 0 Å². The Morgan fingerprint density at radius 3 is 2.30 bits per heavy atom. The molecule has 0 fully saturated rings. The summed E-state index contributed by atoms with van der Waals surface area (Å²) in [6, 6.07) is 11.7. The summed E-state index contributed by atoms with van der Waals surface area (Å²) in [5.74, 6) is 0. The second-order valence-corrected chi connectivity index (χ2v) is 7.24. The van der Waals surface area contributed by atoms with Gasteiger partial charge in [-0.15, -0.1) is 0 Å².